The van der Waals surface area contributed by atoms with E-state index in [0.717, 1.165) is 59.4 Å². The summed E-state index contributed by atoms with van der Waals surface area (Å²) in [7, 11) is 0. The first kappa shape index (κ1) is 23.5. The highest BCUT2D eigenvalue weighted by Gasteiger charge is 2.46. The van der Waals surface area contributed by atoms with Crippen LogP contribution < -0.4 is 16.4 Å². The molecule has 10 heteroatoms. The fraction of sp³-hybridized carbons (Fsp3) is 0.346. The number of nitrogen functional groups attached to an aromatic ring is 1. The number of halogens is 1. The summed E-state index contributed by atoms with van der Waals surface area (Å²) in [5.74, 6) is 1.08. The van der Waals surface area contributed by atoms with Gasteiger partial charge in [0, 0.05) is 30.2 Å². The zero-order valence-electron chi connectivity index (χ0n) is 20.0. The van der Waals surface area contributed by atoms with Crippen LogP contribution in [0, 0.1) is 12.3 Å². The molecule has 36 heavy (non-hydrogen) atoms. The molecule has 3 aromatic heterocycles. The van der Waals surface area contributed by atoms with Gasteiger partial charge in [0.1, 0.15) is 5.82 Å². The van der Waals surface area contributed by atoms with Gasteiger partial charge in [0.25, 0.3) is 0 Å². The third kappa shape index (κ3) is 3.64. The lowest BCUT2D eigenvalue weighted by atomic mass is 9.73. The van der Waals surface area contributed by atoms with E-state index in [-0.39, 0.29) is 23.9 Å². The van der Waals surface area contributed by atoms with E-state index >= 15 is 0 Å². The molecule has 1 aliphatic heterocycles. The molecule has 4 heterocycles. The van der Waals surface area contributed by atoms with Crippen LogP contribution in [0.4, 0.5) is 11.8 Å². The smallest absolute Gasteiger partial charge is 0.211 e. The molecule has 8 nitrogen and oxygen atoms in total. The van der Waals surface area contributed by atoms with Crippen molar-refractivity contribution in [3.05, 3.63) is 70.3 Å². The van der Waals surface area contributed by atoms with Crippen molar-refractivity contribution in [3.63, 3.8) is 0 Å². The zero-order valence-corrected chi connectivity index (χ0v) is 21.6. The number of aliphatic hydroxyl groups excluding tert-OH is 1. The van der Waals surface area contributed by atoms with Gasteiger partial charge in [-0.05, 0) is 48.8 Å². The number of hydrogen-bond acceptors (Lipinski definition) is 8. The third-order valence-corrected chi connectivity index (χ3v) is 9.48. The second-order valence-electron chi connectivity index (χ2n) is 9.71. The number of rotatable bonds is 4. The van der Waals surface area contributed by atoms with Crippen molar-refractivity contribution in [1.29, 1.82) is 0 Å². The fourth-order valence-corrected chi connectivity index (χ4v) is 6.91. The molecule has 0 radical (unpaired) electrons. The largest absolute Gasteiger partial charge is 0.390 e. The Hall–Kier alpha value is -2.85. The van der Waals surface area contributed by atoms with E-state index in [9.17, 15) is 5.11 Å². The van der Waals surface area contributed by atoms with Crippen LogP contribution in [0.3, 0.4) is 0 Å². The number of nitrogens with two attached hydrogens (primary N) is 2. The number of aliphatic hydroxyl groups is 1. The molecule has 0 bridgehead atoms. The van der Waals surface area contributed by atoms with Crippen LogP contribution in [0.15, 0.2) is 52.5 Å². The van der Waals surface area contributed by atoms with Crippen LogP contribution in [0.1, 0.15) is 41.4 Å². The van der Waals surface area contributed by atoms with Crippen molar-refractivity contribution in [3.8, 4) is 0 Å². The summed E-state index contributed by atoms with van der Waals surface area (Å²) in [6.07, 6.45) is 6.34. The fourth-order valence-electron chi connectivity index (χ4n) is 5.71. The normalized spacial score (nSPS) is 18.8. The molecule has 2 aliphatic rings. The quantitative estimate of drug-likeness (QED) is 0.366. The number of anilines is 2. The Morgan fingerprint density at radius 1 is 1.19 bits per heavy atom. The van der Waals surface area contributed by atoms with E-state index in [4.69, 9.17) is 28.1 Å². The molecule has 0 saturated carbocycles. The average Bonchev–Trinajstić information content (AvgIpc) is 3.43. The predicted octanol–water partition coefficient (Wildman–Crippen LogP) is 4.15. The number of piperidine rings is 1. The van der Waals surface area contributed by atoms with Crippen LogP contribution in [0.25, 0.3) is 5.65 Å². The first-order valence-electron chi connectivity index (χ1n) is 12.1. The Bertz CT molecular complexity index is 1460. The summed E-state index contributed by atoms with van der Waals surface area (Å²) in [6.45, 7) is 3.52. The average molecular weight is 522 g/mol. The molecule has 1 spiro atoms. The monoisotopic (exact) mass is 521 g/mol. The molecule has 1 aromatic carbocycles. The Morgan fingerprint density at radius 2 is 1.97 bits per heavy atom. The predicted molar refractivity (Wildman–Crippen MR) is 142 cm³/mol. The number of pyridine rings is 1. The lowest BCUT2D eigenvalue weighted by Gasteiger charge is -2.42. The lowest BCUT2D eigenvalue weighted by molar-refractivity contribution is 0.186. The maximum absolute atomic E-state index is 10.1. The van der Waals surface area contributed by atoms with Crippen molar-refractivity contribution >= 4 is 40.8 Å². The molecule has 6 rings (SSSR count). The van der Waals surface area contributed by atoms with Gasteiger partial charge >= 0.3 is 0 Å². The number of nitrogens with zero attached hydrogens (tertiary/aromatic N) is 5. The summed E-state index contributed by atoms with van der Waals surface area (Å²) in [6, 6.07) is 10.5. The van der Waals surface area contributed by atoms with Crippen molar-refractivity contribution in [1.82, 2.24) is 19.4 Å². The summed E-state index contributed by atoms with van der Waals surface area (Å²) >= 11 is 7.88. The van der Waals surface area contributed by atoms with Gasteiger partial charge < -0.3 is 21.5 Å². The second kappa shape index (κ2) is 8.92. The number of aryl methyl sites for hydroxylation is 1. The van der Waals surface area contributed by atoms with E-state index in [1.54, 1.807) is 12.4 Å². The number of imidazole rings is 1. The first-order chi connectivity index (χ1) is 17.4. The van der Waals surface area contributed by atoms with Gasteiger partial charge in [-0.2, -0.15) is 0 Å². The Labute approximate surface area is 218 Å². The molecule has 0 amide bonds. The van der Waals surface area contributed by atoms with Gasteiger partial charge in [-0.3, -0.25) is 4.40 Å². The summed E-state index contributed by atoms with van der Waals surface area (Å²) in [5.41, 5.74) is 17.7. The maximum Gasteiger partial charge on any atom is 0.211 e. The first-order valence-corrected chi connectivity index (χ1v) is 13.3. The summed E-state index contributed by atoms with van der Waals surface area (Å²) in [4.78, 5) is 17.7. The molecule has 5 N–H and O–H groups in total. The molecular weight excluding hydrogens is 494 g/mol. The lowest BCUT2D eigenvalue weighted by Crippen LogP contribution is -2.45. The van der Waals surface area contributed by atoms with Crippen molar-refractivity contribution in [2.45, 2.75) is 48.6 Å². The highest BCUT2D eigenvalue weighted by Crippen LogP contribution is 2.51. The number of fused-ring (bicyclic) bond motifs is 2. The Morgan fingerprint density at radius 3 is 2.72 bits per heavy atom. The molecule has 4 aromatic rings. The van der Waals surface area contributed by atoms with E-state index < -0.39 is 0 Å². The minimum Gasteiger partial charge on any atom is -0.390 e. The minimum absolute atomic E-state index is 0.0585. The molecule has 1 fully saturated rings. The zero-order chi connectivity index (χ0) is 25.0. The van der Waals surface area contributed by atoms with E-state index in [2.05, 4.69) is 39.1 Å². The Kier molecular flexibility index (Phi) is 5.83. The molecule has 1 saturated heterocycles. The molecule has 1 aliphatic carbocycles. The molecule has 186 valence electrons. The summed E-state index contributed by atoms with van der Waals surface area (Å²) < 4.78 is 1.97. The number of aromatic nitrogens is 4. The molecule has 0 unspecified atom stereocenters. The highest BCUT2D eigenvalue weighted by molar-refractivity contribution is 7.99. The van der Waals surface area contributed by atoms with Gasteiger partial charge in [0.15, 0.2) is 5.65 Å². The Balaban J connectivity index is 1.34. The second-order valence-corrected chi connectivity index (χ2v) is 11.1. The SMILES string of the molecule is Cc1nc(N2CCC3(CC2)Cc2ccccc2[C@H]3N)n2c(CO)cnc2c1Sc1ccnc(N)c1Cl. The van der Waals surface area contributed by atoms with Gasteiger partial charge in [0.2, 0.25) is 5.95 Å². The standard InChI is InChI=1S/C26H28ClN7OS/c1-15-21(36-19-6-9-30-23(29)20(19)27)24-31-13-17(14-35)34(24)25(32-15)33-10-7-26(8-11-33)12-16-4-2-3-5-18(16)22(26)28/h2-6,9,13,22,35H,7-8,10-12,14,28H2,1H3,(H2,29,30)/t22-/m1/s1. The van der Waals surface area contributed by atoms with E-state index in [0.29, 0.717) is 10.7 Å². The van der Waals surface area contributed by atoms with Gasteiger partial charge in [0.05, 0.1) is 34.1 Å². The van der Waals surface area contributed by atoms with Crippen molar-refractivity contribution < 1.29 is 5.11 Å². The third-order valence-electron chi connectivity index (χ3n) is 7.72. The van der Waals surface area contributed by atoms with Crippen LogP contribution in [-0.4, -0.2) is 37.5 Å². The number of benzene rings is 1. The van der Waals surface area contributed by atoms with Crippen molar-refractivity contribution in [2.75, 3.05) is 23.7 Å². The van der Waals surface area contributed by atoms with Crippen LogP contribution in [0.5, 0.6) is 0 Å². The highest BCUT2D eigenvalue weighted by atomic mass is 35.5. The molecule has 1 atom stereocenters. The van der Waals surface area contributed by atoms with Crippen LogP contribution >= 0.6 is 23.4 Å². The molecular formula is C26H28ClN7OS. The van der Waals surface area contributed by atoms with Crippen LogP contribution in [0.2, 0.25) is 5.02 Å². The summed E-state index contributed by atoms with van der Waals surface area (Å²) in [5, 5.41) is 10.5. The van der Waals surface area contributed by atoms with Gasteiger partial charge in [-0.1, -0.05) is 47.6 Å². The van der Waals surface area contributed by atoms with Gasteiger partial charge in [-0.25, -0.2) is 15.0 Å². The van der Waals surface area contributed by atoms with E-state index in [1.165, 1.54) is 22.9 Å². The number of hydrogen-bond donors (Lipinski definition) is 3. The van der Waals surface area contributed by atoms with Crippen molar-refractivity contribution in [2.24, 2.45) is 11.1 Å². The van der Waals surface area contributed by atoms with E-state index in [1.807, 2.05) is 17.4 Å². The maximum atomic E-state index is 10.1. The topological polar surface area (TPSA) is 119 Å². The van der Waals surface area contributed by atoms with Crippen LogP contribution in [-0.2, 0) is 13.0 Å². The minimum atomic E-state index is -0.135. The van der Waals surface area contributed by atoms with Gasteiger partial charge in [-0.15, -0.1) is 0 Å².